The second-order valence-corrected chi connectivity index (χ2v) is 7.78. The molecule has 3 rings (SSSR count). The summed E-state index contributed by atoms with van der Waals surface area (Å²) in [5, 5.41) is 9.28. The molecule has 0 saturated carbocycles. The molecule has 0 atom stereocenters. The van der Waals surface area contributed by atoms with Crippen molar-refractivity contribution in [1.29, 1.82) is 0 Å². The van der Waals surface area contributed by atoms with Gasteiger partial charge >= 0.3 is 0 Å². The predicted octanol–water partition coefficient (Wildman–Crippen LogP) is 4.58. The summed E-state index contributed by atoms with van der Waals surface area (Å²) in [5.41, 5.74) is 2.08. The van der Waals surface area contributed by atoms with E-state index >= 15 is 0 Å². The molecule has 3 aromatic rings. The minimum Gasteiger partial charge on any atom is -0.494 e. The van der Waals surface area contributed by atoms with Crippen molar-refractivity contribution in [2.24, 2.45) is 0 Å². The van der Waals surface area contributed by atoms with Gasteiger partial charge in [0.1, 0.15) is 5.75 Å². The number of para-hydroxylation sites is 1. The zero-order chi connectivity index (χ0) is 21.3. The molecule has 2 amide bonds. The second kappa shape index (κ2) is 10.6. The number of rotatable bonds is 9. The molecule has 2 aromatic carbocycles. The Labute approximate surface area is 180 Å². The van der Waals surface area contributed by atoms with Gasteiger partial charge in [-0.1, -0.05) is 12.1 Å². The average Bonchev–Trinajstić information content (AvgIpc) is 3.28. The molecule has 1 aromatic heterocycles. The smallest absolute Gasteiger partial charge is 0.257 e. The van der Waals surface area contributed by atoms with Crippen molar-refractivity contribution in [1.82, 2.24) is 4.90 Å². The molecule has 0 fully saturated rings. The predicted molar refractivity (Wildman–Crippen MR) is 122 cm³/mol. The van der Waals surface area contributed by atoms with E-state index in [1.54, 1.807) is 47.8 Å². The zero-order valence-electron chi connectivity index (χ0n) is 17.1. The van der Waals surface area contributed by atoms with E-state index < -0.39 is 0 Å². The quantitative estimate of drug-likeness (QED) is 0.494. The molecule has 0 aliphatic carbocycles. The second-order valence-electron chi connectivity index (χ2n) is 7.00. The SMILES string of the molecule is CN(C)CCCOc1ccc(NC(=O)c2ccccc2NC(=O)c2ccsc2)cc1. The summed E-state index contributed by atoms with van der Waals surface area (Å²) < 4.78 is 5.71. The van der Waals surface area contributed by atoms with E-state index in [1.807, 2.05) is 31.6 Å². The third-order valence-electron chi connectivity index (χ3n) is 4.33. The van der Waals surface area contributed by atoms with Crippen molar-refractivity contribution in [3.05, 3.63) is 76.5 Å². The van der Waals surface area contributed by atoms with Gasteiger partial charge in [0.25, 0.3) is 11.8 Å². The van der Waals surface area contributed by atoms with Gasteiger partial charge in [-0.2, -0.15) is 11.3 Å². The Kier molecular flexibility index (Phi) is 7.59. The number of nitrogens with zero attached hydrogens (tertiary/aromatic N) is 1. The number of anilines is 2. The van der Waals surface area contributed by atoms with Gasteiger partial charge < -0.3 is 20.3 Å². The van der Waals surface area contributed by atoms with E-state index in [1.165, 1.54) is 11.3 Å². The molecule has 0 radical (unpaired) electrons. The Morgan fingerprint density at radius 2 is 1.73 bits per heavy atom. The molecule has 0 aliphatic heterocycles. The van der Waals surface area contributed by atoms with Crippen LogP contribution in [0.1, 0.15) is 27.1 Å². The number of ether oxygens (including phenoxy) is 1. The third kappa shape index (κ3) is 6.17. The highest BCUT2D eigenvalue weighted by atomic mass is 32.1. The van der Waals surface area contributed by atoms with Crippen LogP contribution in [0, 0.1) is 0 Å². The lowest BCUT2D eigenvalue weighted by atomic mass is 10.1. The molecule has 156 valence electrons. The van der Waals surface area contributed by atoms with Crippen molar-refractivity contribution in [2.75, 3.05) is 37.9 Å². The third-order valence-corrected chi connectivity index (χ3v) is 5.02. The zero-order valence-corrected chi connectivity index (χ0v) is 17.9. The van der Waals surface area contributed by atoms with Crippen LogP contribution in [0.5, 0.6) is 5.75 Å². The monoisotopic (exact) mass is 423 g/mol. The Bertz CT molecular complexity index is 970. The number of benzene rings is 2. The molecular formula is C23H25N3O3S. The van der Waals surface area contributed by atoms with Crippen LogP contribution in [0.15, 0.2) is 65.4 Å². The molecule has 0 unspecified atom stereocenters. The standard InChI is InChI=1S/C23H25N3O3S/c1-26(2)13-5-14-29-19-10-8-18(9-11-19)24-23(28)20-6-3-4-7-21(20)25-22(27)17-12-15-30-16-17/h3-4,6-12,15-16H,5,13-14H2,1-2H3,(H,24,28)(H,25,27). The van der Waals surface area contributed by atoms with E-state index in [4.69, 9.17) is 4.74 Å². The fourth-order valence-electron chi connectivity index (χ4n) is 2.78. The van der Waals surface area contributed by atoms with Crippen molar-refractivity contribution in [3.63, 3.8) is 0 Å². The summed E-state index contributed by atoms with van der Waals surface area (Å²) in [6.45, 7) is 1.61. The maximum Gasteiger partial charge on any atom is 0.257 e. The van der Waals surface area contributed by atoms with Gasteiger partial charge in [-0.3, -0.25) is 9.59 Å². The Balaban J connectivity index is 1.60. The Hall–Kier alpha value is -3.16. The van der Waals surface area contributed by atoms with Gasteiger partial charge in [0, 0.05) is 17.6 Å². The first-order chi connectivity index (χ1) is 14.5. The number of thiophene rings is 1. The highest BCUT2D eigenvalue weighted by molar-refractivity contribution is 7.08. The molecule has 7 heteroatoms. The van der Waals surface area contributed by atoms with Gasteiger partial charge in [0.05, 0.1) is 23.4 Å². The number of carbonyl (C=O) groups excluding carboxylic acids is 2. The van der Waals surface area contributed by atoms with Crippen LogP contribution >= 0.6 is 11.3 Å². The number of carbonyl (C=O) groups is 2. The van der Waals surface area contributed by atoms with Gasteiger partial charge in [-0.25, -0.2) is 0 Å². The molecule has 0 saturated heterocycles. The topological polar surface area (TPSA) is 70.7 Å². The summed E-state index contributed by atoms with van der Waals surface area (Å²) in [7, 11) is 4.06. The van der Waals surface area contributed by atoms with Crippen molar-refractivity contribution >= 4 is 34.5 Å². The minimum absolute atomic E-state index is 0.243. The fraction of sp³-hybridized carbons (Fsp3) is 0.217. The molecule has 6 nitrogen and oxygen atoms in total. The van der Waals surface area contributed by atoms with E-state index in [0.29, 0.717) is 29.1 Å². The normalized spacial score (nSPS) is 10.6. The summed E-state index contributed by atoms with van der Waals surface area (Å²) >= 11 is 1.45. The number of hydrogen-bond donors (Lipinski definition) is 2. The number of nitrogens with one attached hydrogen (secondary N) is 2. The van der Waals surface area contributed by atoms with Crippen LogP contribution < -0.4 is 15.4 Å². The maximum absolute atomic E-state index is 12.8. The largest absolute Gasteiger partial charge is 0.494 e. The molecule has 0 bridgehead atoms. The van der Waals surface area contributed by atoms with Gasteiger partial charge in [0.2, 0.25) is 0 Å². The van der Waals surface area contributed by atoms with E-state index in [2.05, 4.69) is 15.5 Å². The van der Waals surface area contributed by atoms with Crippen LogP contribution in [0.4, 0.5) is 11.4 Å². The summed E-state index contributed by atoms with van der Waals surface area (Å²) in [6, 6.07) is 15.9. The lowest BCUT2D eigenvalue weighted by Gasteiger charge is -2.12. The first-order valence-electron chi connectivity index (χ1n) is 9.64. The maximum atomic E-state index is 12.8. The molecular weight excluding hydrogens is 398 g/mol. The average molecular weight is 424 g/mol. The van der Waals surface area contributed by atoms with Crippen LogP contribution in [-0.2, 0) is 0 Å². The Morgan fingerprint density at radius 3 is 2.43 bits per heavy atom. The first kappa shape index (κ1) is 21.5. The molecule has 0 aliphatic rings. The highest BCUT2D eigenvalue weighted by Gasteiger charge is 2.14. The van der Waals surface area contributed by atoms with Crippen LogP contribution in [-0.4, -0.2) is 44.0 Å². The Morgan fingerprint density at radius 1 is 0.967 bits per heavy atom. The summed E-state index contributed by atoms with van der Waals surface area (Å²) in [4.78, 5) is 27.2. The molecule has 0 spiro atoms. The summed E-state index contributed by atoms with van der Waals surface area (Å²) in [6.07, 6.45) is 0.944. The number of amides is 2. The minimum atomic E-state index is -0.295. The van der Waals surface area contributed by atoms with E-state index in [0.717, 1.165) is 18.7 Å². The molecule has 30 heavy (non-hydrogen) atoms. The van der Waals surface area contributed by atoms with Crippen LogP contribution in [0.2, 0.25) is 0 Å². The van der Waals surface area contributed by atoms with Gasteiger partial charge in [-0.05, 0) is 68.4 Å². The fourth-order valence-corrected chi connectivity index (χ4v) is 3.42. The van der Waals surface area contributed by atoms with E-state index in [9.17, 15) is 9.59 Å². The first-order valence-corrected chi connectivity index (χ1v) is 10.6. The lowest BCUT2D eigenvalue weighted by Crippen LogP contribution is -2.18. The van der Waals surface area contributed by atoms with Crippen LogP contribution in [0.25, 0.3) is 0 Å². The molecule has 2 N–H and O–H groups in total. The highest BCUT2D eigenvalue weighted by Crippen LogP contribution is 2.21. The van der Waals surface area contributed by atoms with Gasteiger partial charge in [0.15, 0.2) is 0 Å². The van der Waals surface area contributed by atoms with E-state index in [-0.39, 0.29) is 11.8 Å². The lowest BCUT2D eigenvalue weighted by molar-refractivity contribution is 0.102. The molecule has 1 heterocycles. The van der Waals surface area contributed by atoms with Crippen molar-refractivity contribution < 1.29 is 14.3 Å². The summed E-state index contributed by atoms with van der Waals surface area (Å²) in [5.74, 6) is 0.221. The van der Waals surface area contributed by atoms with Crippen molar-refractivity contribution in [3.8, 4) is 5.75 Å². The van der Waals surface area contributed by atoms with Crippen molar-refractivity contribution in [2.45, 2.75) is 6.42 Å². The van der Waals surface area contributed by atoms with Gasteiger partial charge in [-0.15, -0.1) is 0 Å². The number of hydrogen-bond acceptors (Lipinski definition) is 5. The van der Waals surface area contributed by atoms with Crippen LogP contribution in [0.3, 0.4) is 0 Å².